The second-order valence-corrected chi connectivity index (χ2v) is 4.46. The smallest absolute Gasteiger partial charge is 0.226 e. The van der Waals surface area contributed by atoms with Crippen LogP contribution in [0.25, 0.3) is 0 Å². The minimum atomic E-state index is -0.930. The summed E-state index contributed by atoms with van der Waals surface area (Å²) in [5.41, 5.74) is -0.0222. The van der Waals surface area contributed by atoms with Crippen molar-refractivity contribution < 1.29 is 14.3 Å². The molecule has 0 saturated carbocycles. The fourth-order valence-corrected chi connectivity index (χ4v) is 1.70. The van der Waals surface area contributed by atoms with E-state index in [0.717, 1.165) is 0 Å². The van der Waals surface area contributed by atoms with Gasteiger partial charge in [0.2, 0.25) is 5.79 Å². The maximum absolute atomic E-state index is 11.4. The summed E-state index contributed by atoms with van der Waals surface area (Å²) in [6.45, 7) is 6.45. The molecule has 0 radical (unpaired) electrons. The number of ketones is 1. The molecule has 3 heteroatoms. The summed E-state index contributed by atoms with van der Waals surface area (Å²) >= 11 is 0. The van der Waals surface area contributed by atoms with E-state index in [9.17, 15) is 4.79 Å². The third-order valence-corrected chi connectivity index (χ3v) is 2.84. The van der Waals surface area contributed by atoms with Crippen LogP contribution in [-0.4, -0.2) is 24.3 Å². The minimum absolute atomic E-state index is 0.0222. The Hall–Kier alpha value is -0.410. The van der Waals surface area contributed by atoms with Crippen molar-refractivity contribution in [3.05, 3.63) is 0 Å². The van der Waals surface area contributed by atoms with Crippen LogP contribution in [0.4, 0.5) is 0 Å². The van der Waals surface area contributed by atoms with E-state index in [-0.39, 0.29) is 17.3 Å². The van der Waals surface area contributed by atoms with E-state index >= 15 is 0 Å². The molecule has 0 aliphatic carbocycles. The van der Waals surface area contributed by atoms with Crippen LogP contribution in [0.2, 0.25) is 0 Å². The quantitative estimate of drug-likeness (QED) is 0.546. The molecule has 0 aromatic rings. The first-order valence-electron chi connectivity index (χ1n) is 4.29. The summed E-state index contributed by atoms with van der Waals surface area (Å²) in [6.07, 6.45) is 0.549. The zero-order chi connectivity index (χ0) is 8.98. The van der Waals surface area contributed by atoms with Crippen molar-refractivity contribution in [2.24, 2.45) is 5.41 Å². The van der Waals surface area contributed by atoms with Gasteiger partial charge in [-0.3, -0.25) is 4.79 Å². The van der Waals surface area contributed by atoms with Gasteiger partial charge in [-0.05, 0) is 6.92 Å². The third kappa shape index (κ3) is 0.930. The summed E-state index contributed by atoms with van der Waals surface area (Å²) in [4.78, 5) is 11.4. The standard InChI is InChI=1S/C9H14O3/c1-8(2)5-11-9(3)6(10)4-7(8)12-9/h7H,4-5H2,1-3H3. The zero-order valence-corrected chi connectivity index (χ0v) is 7.72. The lowest BCUT2D eigenvalue weighted by atomic mass is 9.86. The van der Waals surface area contributed by atoms with E-state index < -0.39 is 5.79 Å². The first-order chi connectivity index (χ1) is 5.44. The summed E-state index contributed by atoms with van der Waals surface area (Å²) in [5.74, 6) is -0.849. The van der Waals surface area contributed by atoms with E-state index in [4.69, 9.17) is 9.47 Å². The molecule has 2 unspecified atom stereocenters. The van der Waals surface area contributed by atoms with E-state index in [0.29, 0.717) is 13.0 Å². The molecule has 12 heavy (non-hydrogen) atoms. The van der Waals surface area contributed by atoms with Crippen LogP contribution in [-0.2, 0) is 14.3 Å². The predicted molar refractivity (Wildman–Crippen MR) is 42.6 cm³/mol. The Balaban J connectivity index is 2.29. The number of Topliss-reactive ketones (excluding diaryl/α,β-unsaturated/α-hetero) is 1. The van der Waals surface area contributed by atoms with Gasteiger partial charge in [-0.2, -0.15) is 0 Å². The molecule has 2 bridgehead atoms. The van der Waals surface area contributed by atoms with E-state index in [1.165, 1.54) is 0 Å². The van der Waals surface area contributed by atoms with Crippen LogP contribution in [0, 0.1) is 5.41 Å². The monoisotopic (exact) mass is 170 g/mol. The fraction of sp³-hybridized carbons (Fsp3) is 0.889. The number of ether oxygens (including phenoxy) is 2. The first-order valence-corrected chi connectivity index (χ1v) is 4.29. The Morgan fingerprint density at radius 1 is 1.42 bits per heavy atom. The van der Waals surface area contributed by atoms with Crippen LogP contribution in [0.3, 0.4) is 0 Å². The molecule has 2 heterocycles. The molecule has 0 aromatic heterocycles. The van der Waals surface area contributed by atoms with Gasteiger partial charge in [0.05, 0.1) is 12.7 Å². The van der Waals surface area contributed by atoms with Gasteiger partial charge >= 0.3 is 0 Å². The summed E-state index contributed by atoms with van der Waals surface area (Å²) in [7, 11) is 0. The van der Waals surface area contributed by atoms with Crippen LogP contribution in [0.5, 0.6) is 0 Å². The Morgan fingerprint density at radius 2 is 2.08 bits per heavy atom. The number of carbonyl (C=O) groups excluding carboxylic acids is 1. The topological polar surface area (TPSA) is 35.5 Å². The molecule has 2 aliphatic rings. The van der Waals surface area contributed by atoms with Crippen molar-refractivity contribution in [3.8, 4) is 0 Å². The highest BCUT2D eigenvalue weighted by Crippen LogP contribution is 2.43. The van der Waals surface area contributed by atoms with Crippen LogP contribution < -0.4 is 0 Å². The summed E-state index contributed by atoms with van der Waals surface area (Å²) in [5, 5.41) is 0. The normalized spacial score (nSPS) is 44.9. The highest BCUT2D eigenvalue weighted by Gasteiger charge is 2.54. The summed E-state index contributed by atoms with van der Waals surface area (Å²) < 4.78 is 11.0. The molecular formula is C9H14O3. The van der Waals surface area contributed by atoms with Gasteiger partial charge in [0.15, 0.2) is 5.78 Å². The minimum Gasteiger partial charge on any atom is -0.343 e. The van der Waals surface area contributed by atoms with Gasteiger partial charge in [0, 0.05) is 11.8 Å². The number of carbonyl (C=O) groups is 1. The molecule has 3 nitrogen and oxygen atoms in total. The van der Waals surface area contributed by atoms with Gasteiger partial charge in [-0.1, -0.05) is 13.8 Å². The maximum Gasteiger partial charge on any atom is 0.226 e. The molecule has 2 aliphatic heterocycles. The lowest BCUT2D eigenvalue weighted by molar-refractivity contribution is -0.275. The molecular weight excluding hydrogens is 156 g/mol. The SMILES string of the molecule is CC12OCC(C)(C)C(CC1=O)O2. The molecule has 0 amide bonds. The van der Waals surface area contributed by atoms with E-state index in [2.05, 4.69) is 13.8 Å². The Labute approximate surface area is 72.0 Å². The average Bonchev–Trinajstić information content (AvgIpc) is 2.22. The van der Waals surface area contributed by atoms with E-state index in [1.54, 1.807) is 6.92 Å². The largest absolute Gasteiger partial charge is 0.343 e. The van der Waals surface area contributed by atoms with Gasteiger partial charge in [0.1, 0.15) is 0 Å². The predicted octanol–water partition coefficient (Wildman–Crippen LogP) is 1.12. The fourth-order valence-electron chi connectivity index (χ4n) is 1.70. The van der Waals surface area contributed by atoms with Gasteiger partial charge in [0.25, 0.3) is 0 Å². The lowest BCUT2D eigenvalue weighted by Gasteiger charge is -2.39. The maximum atomic E-state index is 11.4. The summed E-state index contributed by atoms with van der Waals surface area (Å²) in [6, 6.07) is 0. The second-order valence-electron chi connectivity index (χ2n) is 4.46. The van der Waals surface area contributed by atoms with E-state index in [1.807, 2.05) is 0 Å². The van der Waals surface area contributed by atoms with Gasteiger partial charge in [-0.25, -0.2) is 0 Å². The van der Waals surface area contributed by atoms with Crippen molar-refractivity contribution in [1.82, 2.24) is 0 Å². The van der Waals surface area contributed by atoms with Gasteiger partial charge < -0.3 is 9.47 Å². The molecule has 0 aromatic carbocycles. The highest BCUT2D eigenvalue weighted by molar-refractivity contribution is 5.88. The molecule has 2 atom stereocenters. The van der Waals surface area contributed by atoms with Crippen molar-refractivity contribution in [3.63, 3.8) is 0 Å². The molecule has 0 spiro atoms. The van der Waals surface area contributed by atoms with Crippen LogP contribution in [0.15, 0.2) is 0 Å². The Morgan fingerprint density at radius 3 is 2.67 bits per heavy atom. The number of hydrogen-bond donors (Lipinski definition) is 0. The zero-order valence-electron chi connectivity index (χ0n) is 7.72. The second kappa shape index (κ2) is 2.09. The number of rotatable bonds is 0. The third-order valence-electron chi connectivity index (χ3n) is 2.84. The number of fused-ring (bicyclic) bond motifs is 2. The van der Waals surface area contributed by atoms with Crippen molar-refractivity contribution in [2.45, 2.75) is 39.1 Å². The molecule has 2 rings (SSSR count). The Bertz CT molecular complexity index is 234. The Kier molecular flexibility index (Phi) is 1.43. The average molecular weight is 170 g/mol. The van der Waals surface area contributed by atoms with Crippen molar-refractivity contribution in [1.29, 1.82) is 0 Å². The molecule has 2 saturated heterocycles. The molecule has 68 valence electrons. The highest BCUT2D eigenvalue weighted by atomic mass is 16.7. The number of hydrogen-bond acceptors (Lipinski definition) is 3. The van der Waals surface area contributed by atoms with Crippen molar-refractivity contribution in [2.75, 3.05) is 6.61 Å². The van der Waals surface area contributed by atoms with Gasteiger partial charge in [-0.15, -0.1) is 0 Å². The first kappa shape index (κ1) is 8.20. The van der Waals surface area contributed by atoms with Crippen molar-refractivity contribution >= 4 is 5.78 Å². The lowest BCUT2D eigenvalue weighted by Crippen LogP contribution is -2.46. The molecule has 0 N–H and O–H groups in total. The van der Waals surface area contributed by atoms with Crippen LogP contribution in [0.1, 0.15) is 27.2 Å². The van der Waals surface area contributed by atoms with Crippen LogP contribution >= 0.6 is 0 Å². The molecule has 2 fully saturated rings.